The highest BCUT2D eigenvalue weighted by Crippen LogP contribution is 2.18. The largest absolute Gasteiger partial charge is 0.0651 e. The van der Waals surface area contributed by atoms with Crippen LogP contribution in [0.3, 0.4) is 0 Å². The van der Waals surface area contributed by atoms with Crippen LogP contribution in [0.15, 0.2) is 0 Å². The first kappa shape index (κ1) is 21.0. The summed E-state index contributed by atoms with van der Waals surface area (Å²) in [5.74, 6) is 0.888. The maximum atomic E-state index is 4.04. The molecular weight excluding hydrogens is 252 g/mol. The van der Waals surface area contributed by atoms with Crippen LogP contribution < -0.4 is 0 Å². The summed E-state index contributed by atoms with van der Waals surface area (Å²) in [7, 11) is 0. The molecule has 0 aliphatic heterocycles. The molecule has 1 atom stereocenters. The SMILES string of the molecule is [CH2]CCCCCCCCCCCCCCCC(C[CH2])CC. The molecule has 0 aromatic heterocycles. The lowest BCUT2D eigenvalue weighted by molar-refractivity contribution is 0.440. The van der Waals surface area contributed by atoms with Crippen molar-refractivity contribution in [3.63, 3.8) is 0 Å². The molecule has 0 aliphatic carbocycles. The van der Waals surface area contributed by atoms with Gasteiger partial charge in [-0.15, -0.1) is 0 Å². The Bertz CT molecular complexity index is 169. The van der Waals surface area contributed by atoms with Crippen LogP contribution in [0.25, 0.3) is 0 Å². The predicted molar refractivity (Wildman–Crippen MR) is 98.4 cm³/mol. The summed E-state index contributed by atoms with van der Waals surface area (Å²) in [6.45, 7) is 10.2. The first-order valence-corrected chi connectivity index (χ1v) is 9.93. The van der Waals surface area contributed by atoms with Crippen LogP contribution in [-0.4, -0.2) is 0 Å². The minimum atomic E-state index is 0.888. The predicted octanol–water partition coefficient (Wildman–Crippen LogP) is 7.92. The summed E-state index contributed by atoms with van der Waals surface area (Å²) >= 11 is 0. The van der Waals surface area contributed by atoms with E-state index in [0.29, 0.717) is 0 Å². The van der Waals surface area contributed by atoms with E-state index in [1.807, 2.05) is 0 Å². The van der Waals surface area contributed by atoms with Gasteiger partial charge in [0.25, 0.3) is 0 Å². The highest BCUT2D eigenvalue weighted by molar-refractivity contribution is 4.59. The Labute approximate surface area is 136 Å². The van der Waals surface area contributed by atoms with Crippen molar-refractivity contribution in [3.05, 3.63) is 13.8 Å². The molecule has 0 bridgehead atoms. The molecule has 1 unspecified atom stereocenters. The highest BCUT2D eigenvalue weighted by Gasteiger charge is 2.02. The van der Waals surface area contributed by atoms with Crippen LogP contribution in [0.5, 0.6) is 0 Å². The van der Waals surface area contributed by atoms with Gasteiger partial charge in [-0.3, -0.25) is 0 Å². The Morgan fingerprint density at radius 3 is 1.29 bits per heavy atom. The Hall–Kier alpha value is 0. The van der Waals surface area contributed by atoms with E-state index in [2.05, 4.69) is 20.8 Å². The fourth-order valence-corrected chi connectivity index (χ4v) is 3.11. The first-order valence-electron chi connectivity index (χ1n) is 9.93. The first-order chi connectivity index (χ1) is 10.3. The standard InChI is InChI=1S/C21H42/c1-4-7-8-9-10-11-12-13-14-15-16-17-18-19-20-21(5-2)6-3/h21H,1-2,4-20H2,3H3. The molecule has 0 amide bonds. The molecule has 0 aromatic carbocycles. The minimum Gasteiger partial charge on any atom is -0.0651 e. The van der Waals surface area contributed by atoms with E-state index in [1.165, 1.54) is 96.3 Å². The zero-order valence-corrected chi connectivity index (χ0v) is 15.0. The van der Waals surface area contributed by atoms with Gasteiger partial charge in [0.05, 0.1) is 0 Å². The Balaban J connectivity index is 3.02. The topological polar surface area (TPSA) is 0 Å². The quantitative estimate of drug-likeness (QED) is 0.239. The van der Waals surface area contributed by atoms with Crippen LogP contribution in [0.2, 0.25) is 0 Å². The van der Waals surface area contributed by atoms with Gasteiger partial charge in [0.1, 0.15) is 0 Å². The van der Waals surface area contributed by atoms with E-state index in [4.69, 9.17) is 0 Å². The summed E-state index contributed by atoms with van der Waals surface area (Å²) in [4.78, 5) is 0. The minimum absolute atomic E-state index is 0.888. The molecule has 0 aromatic rings. The van der Waals surface area contributed by atoms with Crippen LogP contribution in [0, 0.1) is 19.8 Å². The van der Waals surface area contributed by atoms with Crippen molar-refractivity contribution in [2.75, 3.05) is 0 Å². The van der Waals surface area contributed by atoms with Gasteiger partial charge in [-0.2, -0.15) is 0 Å². The van der Waals surface area contributed by atoms with Crippen molar-refractivity contribution >= 4 is 0 Å². The smallest absolute Gasteiger partial charge is 0.0417 e. The number of hydrogen-bond acceptors (Lipinski definition) is 0. The lowest BCUT2D eigenvalue weighted by Gasteiger charge is -2.11. The third kappa shape index (κ3) is 16.2. The molecular formula is C21H42. The van der Waals surface area contributed by atoms with Gasteiger partial charge >= 0.3 is 0 Å². The highest BCUT2D eigenvalue weighted by atomic mass is 14.1. The maximum absolute atomic E-state index is 4.04. The number of hydrogen-bond donors (Lipinski definition) is 0. The lowest BCUT2D eigenvalue weighted by Crippen LogP contribution is -1.96. The normalized spacial score (nSPS) is 11.4. The van der Waals surface area contributed by atoms with Crippen molar-refractivity contribution in [2.24, 2.45) is 5.92 Å². The average molecular weight is 295 g/mol. The molecule has 126 valence electrons. The van der Waals surface area contributed by atoms with Crippen molar-refractivity contribution < 1.29 is 0 Å². The molecule has 0 heteroatoms. The molecule has 0 spiro atoms. The molecule has 0 N–H and O–H groups in total. The molecule has 0 fully saturated rings. The summed E-state index contributed by atoms with van der Waals surface area (Å²) in [6, 6.07) is 0. The van der Waals surface area contributed by atoms with Gasteiger partial charge in [0.15, 0.2) is 0 Å². The zero-order valence-electron chi connectivity index (χ0n) is 15.0. The third-order valence-corrected chi connectivity index (χ3v) is 4.85. The van der Waals surface area contributed by atoms with E-state index in [9.17, 15) is 0 Å². The molecule has 0 nitrogen and oxygen atoms in total. The summed E-state index contributed by atoms with van der Waals surface area (Å²) in [6.07, 6.45) is 23.7. The second kappa shape index (κ2) is 18.1. The summed E-state index contributed by atoms with van der Waals surface area (Å²) in [5, 5.41) is 0. The second-order valence-electron chi connectivity index (χ2n) is 6.80. The molecule has 21 heavy (non-hydrogen) atoms. The van der Waals surface area contributed by atoms with Crippen LogP contribution in [0.1, 0.15) is 116 Å². The van der Waals surface area contributed by atoms with Gasteiger partial charge in [-0.25, -0.2) is 0 Å². The third-order valence-electron chi connectivity index (χ3n) is 4.85. The van der Waals surface area contributed by atoms with Crippen molar-refractivity contribution in [1.82, 2.24) is 0 Å². The Kier molecular flexibility index (Phi) is 18.1. The van der Waals surface area contributed by atoms with Crippen molar-refractivity contribution in [1.29, 1.82) is 0 Å². The fourth-order valence-electron chi connectivity index (χ4n) is 3.11. The van der Waals surface area contributed by atoms with Gasteiger partial charge in [-0.1, -0.05) is 130 Å². The lowest BCUT2D eigenvalue weighted by atomic mass is 9.95. The second-order valence-corrected chi connectivity index (χ2v) is 6.80. The van der Waals surface area contributed by atoms with Crippen molar-refractivity contribution in [3.8, 4) is 0 Å². The maximum Gasteiger partial charge on any atom is -0.0417 e. The van der Waals surface area contributed by atoms with E-state index in [1.54, 1.807) is 0 Å². The fraction of sp³-hybridized carbons (Fsp3) is 0.905. The number of rotatable bonds is 17. The molecule has 0 saturated carbocycles. The number of unbranched alkanes of at least 4 members (excludes halogenated alkanes) is 13. The summed E-state index contributed by atoms with van der Waals surface area (Å²) < 4.78 is 0. The monoisotopic (exact) mass is 294 g/mol. The van der Waals surface area contributed by atoms with Gasteiger partial charge < -0.3 is 0 Å². The van der Waals surface area contributed by atoms with Crippen LogP contribution in [0.4, 0.5) is 0 Å². The van der Waals surface area contributed by atoms with Crippen LogP contribution >= 0.6 is 0 Å². The van der Waals surface area contributed by atoms with Gasteiger partial charge in [-0.05, 0) is 5.92 Å². The molecule has 2 radical (unpaired) electrons. The Morgan fingerprint density at radius 1 is 0.571 bits per heavy atom. The van der Waals surface area contributed by atoms with E-state index >= 15 is 0 Å². The van der Waals surface area contributed by atoms with Crippen LogP contribution in [-0.2, 0) is 0 Å². The van der Waals surface area contributed by atoms with E-state index in [-0.39, 0.29) is 0 Å². The molecule has 0 rings (SSSR count). The van der Waals surface area contributed by atoms with Gasteiger partial charge in [0.2, 0.25) is 0 Å². The Morgan fingerprint density at radius 2 is 0.952 bits per heavy atom. The molecule has 0 heterocycles. The zero-order chi connectivity index (χ0) is 15.6. The molecule has 0 aliphatic rings. The van der Waals surface area contributed by atoms with Crippen molar-refractivity contribution in [2.45, 2.75) is 116 Å². The van der Waals surface area contributed by atoms with E-state index < -0.39 is 0 Å². The average Bonchev–Trinajstić information content (AvgIpc) is 2.51. The van der Waals surface area contributed by atoms with E-state index in [0.717, 1.165) is 18.8 Å². The summed E-state index contributed by atoms with van der Waals surface area (Å²) in [5.41, 5.74) is 0. The van der Waals surface area contributed by atoms with Gasteiger partial charge in [0, 0.05) is 0 Å². The molecule has 0 saturated heterocycles.